The van der Waals surface area contributed by atoms with Crippen molar-refractivity contribution in [2.45, 2.75) is 39.5 Å². The molecular weight excluding hydrogens is 316 g/mol. The van der Waals surface area contributed by atoms with Crippen LogP contribution in [0.1, 0.15) is 49.9 Å². The van der Waals surface area contributed by atoms with Gasteiger partial charge in [0.2, 0.25) is 0 Å². The summed E-state index contributed by atoms with van der Waals surface area (Å²) < 4.78 is 0. The molecule has 0 radical (unpaired) electrons. The van der Waals surface area contributed by atoms with Gasteiger partial charge in [0.1, 0.15) is 11.3 Å². The van der Waals surface area contributed by atoms with Crippen molar-refractivity contribution in [1.29, 1.82) is 0 Å². The fraction of sp³-hybridized carbons (Fsp3) is 0.533. The topological polar surface area (TPSA) is 133 Å². The van der Waals surface area contributed by atoms with Crippen molar-refractivity contribution in [3.8, 4) is 0 Å². The summed E-state index contributed by atoms with van der Waals surface area (Å²) >= 11 is 0. The smallest absolute Gasteiger partial charge is 0.299 e. The van der Waals surface area contributed by atoms with Crippen molar-refractivity contribution in [1.82, 2.24) is 0 Å². The molecular formula is C15H22N4O5. The fourth-order valence-corrected chi connectivity index (χ4v) is 2.36. The molecule has 0 unspecified atom stereocenters. The Morgan fingerprint density at radius 3 is 1.92 bits per heavy atom. The van der Waals surface area contributed by atoms with Gasteiger partial charge in [-0.2, -0.15) is 0 Å². The van der Waals surface area contributed by atoms with E-state index in [4.69, 9.17) is 5.73 Å². The van der Waals surface area contributed by atoms with Crippen LogP contribution in [0.4, 0.5) is 17.1 Å². The van der Waals surface area contributed by atoms with Crippen molar-refractivity contribution in [3.63, 3.8) is 0 Å². The van der Waals surface area contributed by atoms with E-state index in [1.807, 2.05) is 13.8 Å². The zero-order valence-electron chi connectivity index (χ0n) is 13.9. The third-order valence-corrected chi connectivity index (χ3v) is 3.66. The molecule has 2 N–H and O–H groups in total. The number of carbonyl (C=O) groups excluding carboxylic acids is 1. The number of nitrogens with two attached hydrogens (primary N) is 1. The Kier molecular flexibility index (Phi) is 7.09. The molecule has 1 aromatic carbocycles. The minimum Gasteiger partial charge on any atom is -0.366 e. The molecule has 0 aliphatic rings. The molecule has 0 saturated heterocycles. The van der Waals surface area contributed by atoms with Crippen LogP contribution < -0.4 is 10.6 Å². The van der Waals surface area contributed by atoms with Crippen LogP contribution in [0.5, 0.6) is 0 Å². The minimum absolute atomic E-state index is 0.196. The second kappa shape index (κ2) is 8.80. The summed E-state index contributed by atoms with van der Waals surface area (Å²) in [5.41, 5.74) is 4.05. The molecule has 0 aromatic heterocycles. The maximum atomic E-state index is 11.5. The number of hydrogen-bond donors (Lipinski definition) is 1. The average Bonchev–Trinajstić information content (AvgIpc) is 2.53. The molecule has 1 amide bonds. The Morgan fingerprint density at radius 2 is 1.54 bits per heavy atom. The monoisotopic (exact) mass is 338 g/mol. The van der Waals surface area contributed by atoms with E-state index < -0.39 is 21.4 Å². The maximum Gasteiger partial charge on any atom is 0.299 e. The standard InChI is InChI=1S/C15H22N4O5/c1-3-5-7-17(8-6-4-2)13-9-11(15(16)20)12(18(21)22)10-14(13)19(23)24/h9-10H,3-8H2,1-2H3,(H2,16,20). The van der Waals surface area contributed by atoms with Crippen LogP contribution in [-0.4, -0.2) is 28.8 Å². The number of carbonyl (C=O) groups is 1. The number of nitro groups is 2. The first-order valence-electron chi connectivity index (χ1n) is 7.85. The number of primary amides is 1. The van der Waals surface area contributed by atoms with Crippen LogP contribution in [0.25, 0.3) is 0 Å². The Hall–Kier alpha value is -2.71. The van der Waals surface area contributed by atoms with Crippen LogP contribution in [-0.2, 0) is 0 Å². The van der Waals surface area contributed by atoms with Crippen LogP contribution in [0.3, 0.4) is 0 Å². The number of rotatable bonds is 10. The van der Waals surface area contributed by atoms with Crippen molar-refractivity contribution in [3.05, 3.63) is 37.9 Å². The van der Waals surface area contributed by atoms with Gasteiger partial charge in [-0.3, -0.25) is 25.0 Å². The van der Waals surface area contributed by atoms with Gasteiger partial charge in [-0.25, -0.2) is 0 Å². The molecule has 0 aliphatic heterocycles. The van der Waals surface area contributed by atoms with E-state index in [9.17, 15) is 25.0 Å². The molecule has 9 heteroatoms. The van der Waals surface area contributed by atoms with Gasteiger partial charge >= 0.3 is 0 Å². The van der Waals surface area contributed by atoms with Gasteiger partial charge in [-0.1, -0.05) is 26.7 Å². The second-order valence-electron chi connectivity index (χ2n) is 5.43. The zero-order valence-corrected chi connectivity index (χ0v) is 13.9. The Bertz CT molecular complexity index is 625. The van der Waals surface area contributed by atoms with Crippen LogP contribution >= 0.6 is 0 Å². The summed E-state index contributed by atoms with van der Waals surface area (Å²) in [5, 5.41) is 22.5. The summed E-state index contributed by atoms with van der Waals surface area (Å²) in [7, 11) is 0. The van der Waals surface area contributed by atoms with Crippen molar-refractivity contribution in [2.75, 3.05) is 18.0 Å². The first kappa shape index (κ1) is 19.3. The molecule has 132 valence electrons. The van der Waals surface area contributed by atoms with Gasteiger partial charge in [0.15, 0.2) is 0 Å². The van der Waals surface area contributed by atoms with Gasteiger partial charge in [-0.15, -0.1) is 0 Å². The van der Waals surface area contributed by atoms with Gasteiger partial charge in [0, 0.05) is 13.1 Å². The number of amides is 1. The summed E-state index contributed by atoms with van der Waals surface area (Å²) in [5.74, 6) is -0.983. The maximum absolute atomic E-state index is 11.5. The second-order valence-corrected chi connectivity index (χ2v) is 5.43. The van der Waals surface area contributed by atoms with E-state index in [0.29, 0.717) is 13.1 Å². The number of nitro benzene ring substituents is 2. The number of hydrogen-bond acceptors (Lipinski definition) is 6. The van der Waals surface area contributed by atoms with E-state index in [1.54, 1.807) is 4.90 Å². The largest absolute Gasteiger partial charge is 0.366 e. The number of benzene rings is 1. The summed E-state index contributed by atoms with van der Waals surface area (Å²) in [4.78, 5) is 34.3. The summed E-state index contributed by atoms with van der Waals surface area (Å²) in [6.45, 7) is 5.12. The lowest BCUT2D eigenvalue weighted by Gasteiger charge is -2.24. The van der Waals surface area contributed by atoms with Crippen molar-refractivity contribution < 1.29 is 14.6 Å². The van der Waals surface area contributed by atoms with Crippen LogP contribution in [0.15, 0.2) is 12.1 Å². The van der Waals surface area contributed by atoms with E-state index in [-0.39, 0.29) is 16.9 Å². The lowest BCUT2D eigenvalue weighted by Crippen LogP contribution is -2.27. The van der Waals surface area contributed by atoms with Gasteiger partial charge in [0.05, 0.1) is 15.9 Å². The third kappa shape index (κ3) is 4.64. The van der Waals surface area contributed by atoms with Crippen LogP contribution in [0.2, 0.25) is 0 Å². The predicted octanol–water partition coefficient (Wildman–Crippen LogP) is 3.01. The molecule has 24 heavy (non-hydrogen) atoms. The highest BCUT2D eigenvalue weighted by atomic mass is 16.6. The third-order valence-electron chi connectivity index (χ3n) is 3.66. The molecule has 0 fully saturated rings. The highest BCUT2D eigenvalue weighted by Gasteiger charge is 2.29. The van der Waals surface area contributed by atoms with Gasteiger partial charge < -0.3 is 10.6 Å². The molecule has 9 nitrogen and oxygen atoms in total. The summed E-state index contributed by atoms with van der Waals surface area (Å²) in [6.07, 6.45) is 3.41. The molecule has 0 saturated carbocycles. The number of nitrogens with zero attached hydrogens (tertiary/aromatic N) is 3. The number of unbranched alkanes of at least 4 members (excludes halogenated alkanes) is 2. The zero-order chi connectivity index (χ0) is 18.3. The average molecular weight is 338 g/mol. The van der Waals surface area contributed by atoms with E-state index in [1.165, 1.54) is 6.07 Å². The normalized spacial score (nSPS) is 10.4. The molecule has 0 bridgehead atoms. The lowest BCUT2D eigenvalue weighted by atomic mass is 10.1. The molecule has 1 aromatic rings. The van der Waals surface area contributed by atoms with Crippen molar-refractivity contribution >= 4 is 23.0 Å². The summed E-state index contributed by atoms with van der Waals surface area (Å²) in [6, 6.07) is 1.99. The minimum atomic E-state index is -0.983. The lowest BCUT2D eigenvalue weighted by molar-refractivity contribution is -0.393. The fourth-order valence-electron chi connectivity index (χ4n) is 2.36. The molecule has 0 heterocycles. The predicted molar refractivity (Wildman–Crippen MR) is 90.3 cm³/mol. The first-order chi connectivity index (χ1) is 11.3. The van der Waals surface area contributed by atoms with E-state index in [2.05, 4.69) is 0 Å². The highest BCUT2D eigenvalue weighted by molar-refractivity contribution is 5.99. The van der Waals surface area contributed by atoms with E-state index in [0.717, 1.165) is 31.7 Å². The first-order valence-corrected chi connectivity index (χ1v) is 7.85. The Morgan fingerprint density at radius 1 is 1.04 bits per heavy atom. The Balaban J connectivity index is 3.50. The van der Waals surface area contributed by atoms with E-state index >= 15 is 0 Å². The SMILES string of the molecule is CCCCN(CCCC)c1cc(C(N)=O)c([N+](=O)[O-])cc1[N+](=O)[O-]. The van der Waals surface area contributed by atoms with Gasteiger partial charge in [-0.05, 0) is 18.9 Å². The molecule has 1 rings (SSSR count). The molecule has 0 atom stereocenters. The highest BCUT2D eigenvalue weighted by Crippen LogP contribution is 2.35. The quantitative estimate of drug-likeness (QED) is 0.515. The van der Waals surface area contributed by atoms with Crippen LogP contribution in [0, 0.1) is 20.2 Å². The van der Waals surface area contributed by atoms with Crippen molar-refractivity contribution in [2.24, 2.45) is 5.73 Å². The molecule has 0 aliphatic carbocycles. The number of anilines is 1. The Labute approximate surface area is 139 Å². The molecule has 0 spiro atoms. The van der Waals surface area contributed by atoms with Gasteiger partial charge in [0.25, 0.3) is 17.3 Å².